The van der Waals surface area contributed by atoms with Gasteiger partial charge in [-0.15, -0.1) is 0 Å². The van der Waals surface area contributed by atoms with Crippen molar-refractivity contribution in [2.24, 2.45) is 0 Å². The van der Waals surface area contributed by atoms with Crippen LogP contribution in [0.3, 0.4) is 0 Å². The van der Waals surface area contributed by atoms with Gasteiger partial charge in [-0.3, -0.25) is 0 Å². The van der Waals surface area contributed by atoms with Gasteiger partial charge in [-0.1, -0.05) is 13.3 Å². The van der Waals surface area contributed by atoms with Gasteiger partial charge in [0, 0.05) is 6.20 Å². The molecule has 0 radical (unpaired) electrons. The highest BCUT2D eigenvalue weighted by molar-refractivity contribution is 5.77. The Balaban J connectivity index is 2.84. The van der Waals surface area contributed by atoms with Crippen molar-refractivity contribution >= 4 is 11.7 Å². The summed E-state index contributed by atoms with van der Waals surface area (Å²) >= 11 is 0. The SMILES string of the molecule is CCCC(Nc1cccnc1OC(C)C)C(=O)O. The number of rotatable bonds is 7. The van der Waals surface area contributed by atoms with E-state index in [0.717, 1.165) is 6.42 Å². The smallest absolute Gasteiger partial charge is 0.326 e. The Morgan fingerprint density at radius 2 is 2.28 bits per heavy atom. The zero-order valence-electron chi connectivity index (χ0n) is 11.0. The third-order valence-corrected chi connectivity index (χ3v) is 2.32. The van der Waals surface area contributed by atoms with Crippen LogP contribution in [0, 0.1) is 0 Å². The van der Waals surface area contributed by atoms with E-state index in [1.54, 1.807) is 18.3 Å². The third kappa shape index (κ3) is 4.24. The first kappa shape index (κ1) is 14.3. The van der Waals surface area contributed by atoms with E-state index in [2.05, 4.69) is 10.3 Å². The maximum Gasteiger partial charge on any atom is 0.326 e. The van der Waals surface area contributed by atoms with Crippen LogP contribution >= 0.6 is 0 Å². The van der Waals surface area contributed by atoms with Crippen molar-refractivity contribution in [1.82, 2.24) is 4.98 Å². The van der Waals surface area contributed by atoms with E-state index in [1.807, 2.05) is 20.8 Å². The summed E-state index contributed by atoms with van der Waals surface area (Å²) in [5.41, 5.74) is 0.618. The second-order valence-corrected chi connectivity index (χ2v) is 4.35. The van der Waals surface area contributed by atoms with Crippen molar-refractivity contribution < 1.29 is 14.6 Å². The molecule has 1 atom stereocenters. The van der Waals surface area contributed by atoms with Gasteiger partial charge < -0.3 is 15.2 Å². The topological polar surface area (TPSA) is 71.5 Å². The van der Waals surface area contributed by atoms with Gasteiger partial charge in [0.1, 0.15) is 6.04 Å². The fourth-order valence-electron chi connectivity index (χ4n) is 1.55. The summed E-state index contributed by atoms with van der Waals surface area (Å²) in [6.45, 7) is 5.75. The number of aliphatic carboxylic acids is 1. The van der Waals surface area contributed by atoms with E-state index < -0.39 is 12.0 Å². The minimum absolute atomic E-state index is 0.00472. The van der Waals surface area contributed by atoms with Gasteiger partial charge in [0.05, 0.1) is 11.8 Å². The Hall–Kier alpha value is -1.78. The summed E-state index contributed by atoms with van der Waals surface area (Å²) in [5, 5.41) is 12.1. The molecule has 100 valence electrons. The molecule has 0 saturated carbocycles. The number of hydrogen-bond acceptors (Lipinski definition) is 4. The Morgan fingerprint density at radius 1 is 1.56 bits per heavy atom. The molecule has 0 bridgehead atoms. The molecule has 1 rings (SSSR count). The van der Waals surface area contributed by atoms with Crippen LogP contribution in [0.5, 0.6) is 5.88 Å². The monoisotopic (exact) mass is 252 g/mol. The molecule has 0 aliphatic rings. The van der Waals surface area contributed by atoms with Crippen LogP contribution in [0.1, 0.15) is 33.6 Å². The van der Waals surface area contributed by atoms with Crippen molar-refractivity contribution in [3.8, 4) is 5.88 Å². The molecule has 0 saturated heterocycles. The fraction of sp³-hybridized carbons (Fsp3) is 0.538. The van der Waals surface area contributed by atoms with E-state index in [9.17, 15) is 4.79 Å². The van der Waals surface area contributed by atoms with Gasteiger partial charge in [0.2, 0.25) is 5.88 Å². The molecule has 0 aliphatic heterocycles. The minimum atomic E-state index is -0.865. The number of nitrogens with zero attached hydrogens (tertiary/aromatic N) is 1. The summed E-state index contributed by atoms with van der Waals surface area (Å²) in [4.78, 5) is 15.2. The third-order valence-electron chi connectivity index (χ3n) is 2.32. The predicted molar refractivity (Wildman–Crippen MR) is 70.0 cm³/mol. The molecule has 1 aromatic rings. The summed E-state index contributed by atoms with van der Waals surface area (Å²) in [6.07, 6.45) is 2.98. The lowest BCUT2D eigenvalue weighted by molar-refractivity contribution is -0.138. The Kier molecular flexibility index (Phi) is 5.42. The molecule has 1 unspecified atom stereocenters. The highest BCUT2D eigenvalue weighted by Crippen LogP contribution is 2.23. The van der Waals surface area contributed by atoms with Crippen LogP contribution in [-0.4, -0.2) is 28.2 Å². The molecule has 2 N–H and O–H groups in total. The van der Waals surface area contributed by atoms with Crippen LogP contribution in [0.15, 0.2) is 18.3 Å². The van der Waals surface area contributed by atoms with E-state index in [4.69, 9.17) is 9.84 Å². The molecule has 1 aromatic heterocycles. The number of ether oxygens (including phenoxy) is 1. The molecule has 0 aliphatic carbocycles. The standard InChI is InChI=1S/C13H20N2O3/c1-4-6-11(13(16)17)15-10-7-5-8-14-12(10)18-9(2)3/h5,7-9,11,15H,4,6H2,1-3H3,(H,16,17). The predicted octanol–water partition coefficient (Wildman–Crippen LogP) is 2.53. The maximum atomic E-state index is 11.1. The fourth-order valence-corrected chi connectivity index (χ4v) is 1.55. The zero-order valence-corrected chi connectivity index (χ0v) is 11.0. The Labute approximate surface area is 107 Å². The van der Waals surface area contributed by atoms with E-state index >= 15 is 0 Å². The Bertz CT molecular complexity index is 394. The van der Waals surface area contributed by atoms with Gasteiger partial charge in [-0.05, 0) is 32.4 Å². The molecule has 0 amide bonds. The lowest BCUT2D eigenvalue weighted by Crippen LogP contribution is -2.29. The van der Waals surface area contributed by atoms with E-state index in [1.165, 1.54) is 0 Å². The number of carboxylic acid groups (broad SMARTS) is 1. The molecule has 5 nitrogen and oxygen atoms in total. The van der Waals surface area contributed by atoms with Gasteiger partial charge in [0.15, 0.2) is 0 Å². The number of aromatic nitrogens is 1. The summed E-state index contributed by atoms with van der Waals surface area (Å²) in [6, 6.07) is 2.91. The van der Waals surface area contributed by atoms with Crippen LogP contribution in [-0.2, 0) is 4.79 Å². The average molecular weight is 252 g/mol. The maximum absolute atomic E-state index is 11.1. The van der Waals surface area contributed by atoms with Crippen LogP contribution in [0.2, 0.25) is 0 Å². The van der Waals surface area contributed by atoms with E-state index in [-0.39, 0.29) is 6.10 Å². The number of anilines is 1. The summed E-state index contributed by atoms with van der Waals surface area (Å²) < 4.78 is 5.54. The van der Waals surface area contributed by atoms with Gasteiger partial charge in [-0.2, -0.15) is 0 Å². The van der Waals surface area contributed by atoms with Crippen LogP contribution in [0.25, 0.3) is 0 Å². The molecule has 18 heavy (non-hydrogen) atoms. The van der Waals surface area contributed by atoms with Crippen molar-refractivity contribution in [1.29, 1.82) is 0 Å². The van der Waals surface area contributed by atoms with Crippen molar-refractivity contribution in [3.05, 3.63) is 18.3 Å². The van der Waals surface area contributed by atoms with Crippen LogP contribution < -0.4 is 10.1 Å². The Morgan fingerprint density at radius 3 is 2.83 bits per heavy atom. The quantitative estimate of drug-likeness (QED) is 0.780. The normalized spacial score (nSPS) is 12.2. The van der Waals surface area contributed by atoms with Gasteiger partial charge >= 0.3 is 5.97 Å². The van der Waals surface area contributed by atoms with Crippen molar-refractivity contribution in [3.63, 3.8) is 0 Å². The lowest BCUT2D eigenvalue weighted by Gasteiger charge is -2.18. The largest absolute Gasteiger partial charge is 0.480 e. The number of pyridine rings is 1. The highest BCUT2D eigenvalue weighted by atomic mass is 16.5. The second-order valence-electron chi connectivity index (χ2n) is 4.35. The van der Waals surface area contributed by atoms with Gasteiger partial charge in [-0.25, -0.2) is 9.78 Å². The minimum Gasteiger partial charge on any atom is -0.480 e. The molecule has 0 aromatic carbocycles. The number of hydrogen-bond donors (Lipinski definition) is 2. The first-order valence-corrected chi connectivity index (χ1v) is 6.15. The van der Waals surface area contributed by atoms with Crippen molar-refractivity contribution in [2.45, 2.75) is 45.8 Å². The lowest BCUT2D eigenvalue weighted by atomic mass is 10.1. The number of carbonyl (C=O) groups is 1. The summed E-state index contributed by atoms with van der Waals surface area (Å²) in [7, 11) is 0. The number of carboxylic acids is 1. The zero-order chi connectivity index (χ0) is 13.5. The first-order valence-electron chi connectivity index (χ1n) is 6.15. The molecular weight excluding hydrogens is 232 g/mol. The van der Waals surface area contributed by atoms with Gasteiger partial charge in [0.25, 0.3) is 0 Å². The average Bonchev–Trinajstić information content (AvgIpc) is 2.30. The first-order chi connectivity index (χ1) is 8.54. The van der Waals surface area contributed by atoms with Crippen LogP contribution in [0.4, 0.5) is 5.69 Å². The van der Waals surface area contributed by atoms with E-state index in [0.29, 0.717) is 18.0 Å². The summed E-state index contributed by atoms with van der Waals surface area (Å²) in [5.74, 6) is -0.425. The molecular formula is C13H20N2O3. The molecule has 5 heteroatoms. The number of nitrogens with one attached hydrogen (secondary N) is 1. The second kappa shape index (κ2) is 6.83. The highest BCUT2D eigenvalue weighted by Gasteiger charge is 2.18. The molecule has 0 fully saturated rings. The molecule has 0 spiro atoms. The van der Waals surface area contributed by atoms with Crippen molar-refractivity contribution in [2.75, 3.05) is 5.32 Å². The molecule has 1 heterocycles.